The van der Waals surface area contributed by atoms with Crippen LogP contribution in [-0.2, 0) is 25.6 Å². The van der Waals surface area contributed by atoms with Crippen molar-refractivity contribution in [2.45, 2.75) is 25.5 Å². The molecule has 0 aromatic heterocycles. The topological polar surface area (TPSA) is 67.9 Å². The van der Waals surface area contributed by atoms with Crippen LogP contribution in [0.3, 0.4) is 0 Å². The molecule has 132 valence electrons. The second-order valence-corrected chi connectivity index (χ2v) is 6.36. The second kappa shape index (κ2) is 8.46. The summed E-state index contributed by atoms with van der Waals surface area (Å²) in [5.74, 6) is -0.201. The number of ether oxygens (including phenoxy) is 2. The van der Waals surface area contributed by atoms with Gasteiger partial charge in [0.2, 0.25) is 11.8 Å². The Labute approximate surface area is 147 Å². The monoisotopic (exact) mass is 354 g/mol. The highest BCUT2D eigenvalue weighted by molar-refractivity contribution is 6.31. The molecule has 7 heteroatoms. The number of benzene rings is 1. The summed E-state index contributed by atoms with van der Waals surface area (Å²) in [6, 6.07) is 7.36. The third kappa shape index (κ3) is 4.93. The highest BCUT2D eigenvalue weighted by atomic mass is 35.5. The molecule has 0 unspecified atom stereocenters. The van der Waals surface area contributed by atoms with Crippen molar-refractivity contribution in [2.75, 3.05) is 33.4 Å². The minimum absolute atomic E-state index is 0.0322. The maximum absolute atomic E-state index is 12.4. The molecule has 1 aromatic carbocycles. The predicted octanol–water partition coefficient (Wildman–Crippen LogP) is 1.61. The molecule has 1 saturated heterocycles. The smallest absolute Gasteiger partial charge is 0.223 e. The van der Waals surface area contributed by atoms with Gasteiger partial charge in [-0.05, 0) is 11.6 Å². The van der Waals surface area contributed by atoms with Crippen LogP contribution in [0.25, 0.3) is 0 Å². The van der Waals surface area contributed by atoms with E-state index in [1.54, 1.807) is 18.1 Å². The molecule has 0 radical (unpaired) electrons. The van der Waals surface area contributed by atoms with Crippen molar-refractivity contribution in [1.82, 2.24) is 10.2 Å². The van der Waals surface area contributed by atoms with Gasteiger partial charge >= 0.3 is 0 Å². The van der Waals surface area contributed by atoms with Crippen LogP contribution in [0.5, 0.6) is 0 Å². The number of amides is 2. The molecule has 1 aliphatic heterocycles. The molecule has 1 fully saturated rings. The van der Waals surface area contributed by atoms with Crippen molar-refractivity contribution in [3.63, 3.8) is 0 Å². The molecule has 24 heavy (non-hydrogen) atoms. The Morgan fingerprint density at radius 3 is 2.83 bits per heavy atom. The molecular weight excluding hydrogens is 332 g/mol. The van der Waals surface area contributed by atoms with Crippen molar-refractivity contribution in [3.8, 4) is 0 Å². The number of nitrogens with zero attached hydrogens (tertiary/aromatic N) is 1. The molecule has 1 aliphatic rings. The van der Waals surface area contributed by atoms with Gasteiger partial charge in [-0.15, -0.1) is 0 Å². The van der Waals surface area contributed by atoms with Crippen molar-refractivity contribution in [1.29, 1.82) is 0 Å². The normalized spacial score (nSPS) is 20.7. The van der Waals surface area contributed by atoms with Crippen molar-refractivity contribution in [3.05, 3.63) is 34.9 Å². The summed E-state index contributed by atoms with van der Waals surface area (Å²) < 4.78 is 11.1. The SMILES string of the molecule is COC[C@]1(CC(=O)NCc2ccccc2Cl)CN(C(C)=O)CCO1. The van der Waals surface area contributed by atoms with E-state index in [2.05, 4.69) is 5.32 Å². The molecule has 6 nitrogen and oxygen atoms in total. The quantitative estimate of drug-likeness (QED) is 0.842. The standard InChI is InChI=1S/C17H23ClN2O4/c1-13(21)20-7-8-24-17(11-20,12-23-2)9-16(22)19-10-14-5-3-4-6-15(14)18/h3-6H,7-12H2,1-2H3,(H,19,22)/t17-/m0/s1. The maximum atomic E-state index is 12.4. The Balaban J connectivity index is 1.98. The number of carbonyl (C=O) groups is 2. The third-order valence-electron chi connectivity index (χ3n) is 4.02. The first kappa shape index (κ1) is 18.7. The molecule has 2 amide bonds. The predicted molar refractivity (Wildman–Crippen MR) is 90.7 cm³/mol. The van der Waals surface area contributed by atoms with E-state index in [4.69, 9.17) is 21.1 Å². The zero-order valence-corrected chi connectivity index (χ0v) is 14.8. The van der Waals surface area contributed by atoms with Crippen molar-refractivity contribution >= 4 is 23.4 Å². The van der Waals surface area contributed by atoms with Crippen LogP contribution in [-0.4, -0.2) is 55.7 Å². The lowest BCUT2D eigenvalue weighted by Crippen LogP contribution is -2.57. The van der Waals surface area contributed by atoms with E-state index >= 15 is 0 Å². The molecule has 0 spiro atoms. The van der Waals surface area contributed by atoms with Crippen LogP contribution < -0.4 is 5.32 Å². The zero-order chi connectivity index (χ0) is 17.6. The first-order valence-electron chi connectivity index (χ1n) is 7.84. The Morgan fingerprint density at radius 1 is 1.42 bits per heavy atom. The van der Waals surface area contributed by atoms with E-state index in [1.807, 2.05) is 18.2 Å². The van der Waals surface area contributed by atoms with Gasteiger partial charge in [0.25, 0.3) is 0 Å². The molecule has 0 bridgehead atoms. The molecule has 0 aliphatic carbocycles. The fraction of sp³-hybridized carbons (Fsp3) is 0.529. The summed E-state index contributed by atoms with van der Waals surface area (Å²) in [4.78, 5) is 25.7. The summed E-state index contributed by atoms with van der Waals surface area (Å²) in [6.45, 7) is 3.37. The minimum Gasteiger partial charge on any atom is -0.382 e. The van der Waals surface area contributed by atoms with E-state index in [-0.39, 0.29) is 24.8 Å². The van der Waals surface area contributed by atoms with E-state index in [0.29, 0.717) is 31.3 Å². The van der Waals surface area contributed by atoms with Crippen LogP contribution in [0.1, 0.15) is 18.9 Å². The van der Waals surface area contributed by atoms with Crippen LogP contribution >= 0.6 is 11.6 Å². The Hall–Kier alpha value is -1.63. The fourth-order valence-corrected chi connectivity index (χ4v) is 3.02. The van der Waals surface area contributed by atoms with Gasteiger partial charge in [0, 0.05) is 32.1 Å². The first-order valence-corrected chi connectivity index (χ1v) is 8.22. The third-order valence-corrected chi connectivity index (χ3v) is 4.39. The molecule has 1 aromatic rings. The number of hydrogen-bond donors (Lipinski definition) is 1. The molecule has 1 atom stereocenters. The number of morpholine rings is 1. The highest BCUT2D eigenvalue weighted by Crippen LogP contribution is 2.23. The summed E-state index contributed by atoms with van der Waals surface area (Å²) in [6.07, 6.45) is 0.120. The van der Waals surface area contributed by atoms with Crippen LogP contribution in [0.4, 0.5) is 0 Å². The number of halogens is 1. The van der Waals surface area contributed by atoms with Gasteiger partial charge in [-0.2, -0.15) is 0 Å². The molecule has 1 heterocycles. The Morgan fingerprint density at radius 2 is 2.17 bits per heavy atom. The lowest BCUT2D eigenvalue weighted by Gasteiger charge is -2.41. The van der Waals surface area contributed by atoms with Gasteiger partial charge in [0.15, 0.2) is 0 Å². The number of carbonyl (C=O) groups excluding carboxylic acids is 2. The molecule has 0 saturated carbocycles. The lowest BCUT2D eigenvalue weighted by atomic mass is 9.97. The molecule has 2 rings (SSSR count). The lowest BCUT2D eigenvalue weighted by molar-refractivity contribution is -0.165. The van der Waals surface area contributed by atoms with Gasteiger partial charge in [-0.25, -0.2) is 0 Å². The van der Waals surface area contributed by atoms with Gasteiger partial charge in [0.05, 0.1) is 26.2 Å². The minimum atomic E-state index is -0.816. The van der Waals surface area contributed by atoms with Crippen molar-refractivity contribution < 1.29 is 19.1 Å². The Bertz CT molecular complexity index is 592. The average Bonchev–Trinajstić information content (AvgIpc) is 2.54. The summed E-state index contributed by atoms with van der Waals surface area (Å²) in [5.41, 5.74) is 0.0340. The van der Waals surface area contributed by atoms with Crippen LogP contribution in [0, 0.1) is 0 Å². The second-order valence-electron chi connectivity index (χ2n) is 5.95. The van der Waals surface area contributed by atoms with E-state index in [0.717, 1.165) is 5.56 Å². The largest absolute Gasteiger partial charge is 0.382 e. The molecular formula is C17H23ClN2O4. The van der Waals surface area contributed by atoms with Crippen LogP contribution in [0.15, 0.2) is 24.3 Å². The van der Waals surface area contributed by atoms with Crippen molar-refractivity contribution in [2.24, 2.45) is 0 Å². The Kier molecular flexibility index (Phi) is 6.60. The van der Waals surface area contributed by atoms with Gasteiger partial charge < -0.3 is 19.7 Å². The summed E-state index contributed by atoms with van der Waals surface area (Å²) in [7, 11) is 1.56. The number of nitrogens with one attached hydrogen (secondary N) is 1. The highest BCUT2D eigenvalue weighted by Gasteiger charge is 2.39. The molecule has 1 N–H and O–H groups in total. The zero-order valence-electron chi connectivity index (χ0n) is 14.0. The van der Waals surface area contributed by atoms with E-state index < -0.39 is 5.60 Å². The van der Waals surface area contributed by atoms with Crippen LogP contribution in [0.2, 0.25) is 5.02 Å². The first-order chi connectivity index (χ1) is 11.5. The van der Waals surface area contributed by atoms with Gasteiger partial charge in [-0.1, -0.05) is 29.8 Å². The number of hydrogen-bond acceptors (Lipinski definition) is 4. The van der Waals surface area contributed by atoms with E-state index in [9.17, 15) is 9.59 Å². The fourth-order valence-electron chi connectivity index (χ4n) is 2.81. The maximum Gasteiger partial charge on any atom is 0.223 e. The summed E-state index contributed by atoms with van der Waals surface area (Å²) >= 11 is 6.09. The number of methoxy groups -OCH3 is 1. The van der Waals surface area contributed by atoms with Gasteiger partial charge in [0.1, 0.15) is 5.60 Å². The summed E-state index contributed by atoms with van der Waals surface area (Å²) in [5, 5.41) is 3.46. The average molecular weight is 355 g/mol. The van der Waals surface area contributed by atoms with E-state index in [1.165, 1.54) is 6.92 Å². The van der Waals surface area contributed by atoms with Gasteiger partial charge in [-0.3, -0.25) is 9.59 Å². The number of rotatable bonds is 6.